The molecule has 0 N–H and O–H groups in total. The summed E-state index contributed by atoms with van der Waals surface area (Å²) in [4.78, 5) is 45.6. The van der Waals surface area contributed by atoms with Crippen LogP contribution in [0.5, 0.6) is 0 Å². The predicted molar refractivity (Wildman–Crippen MR) is 268 cm³/mol. The van der Waals surface area contributed by atoms with Crippen molar-refractivity contribution in [2.45, 2.75) is 25.4 Å². The van der Waals surface area contributed by atoms with E-state index in [1.165, 1.54) is 23.5 Å². The van der Waals surface area contributed by atoms with Crippen molar-refractivity contribution in [3.8, 4) is 44.5 Å². The summed E-state index contributed by atoms with van der Waals surface area (Å²) in [5, 5.41) is 0.158. The van der Waals surface area contributed by atoms with Crippen molar-refractivity contribution in [1.29, 1.82) is 0 Å². The van der Waals surface area contributed by atoms with Crippen LogP contribution in [0.15, 0.2) is 121 Å². The number of carbonyl (C=O) groups excluding carboxylic acids is 2. The fourth-order valence-corrected chi connectivity index (χ4v) is 9.75. The molecule has 2 aliphatic heterocycles. The minimum atomic E-state index is 0. The summed E-state index contributed by atoms with van der Waals surface area (Å²) in [6.45, 7) is 3.20. The molecule has 0 fully saturated rings. The number of hydrogen-bond donors (Lipinski definition) is 0. The van der Waals surface area contributed by atoms with Crippen molar-refractivity contribution in [3.63, 3.8) is 0 Å². The predicted octanol–water partition coefficient (Wildman–Crippen LogP) is 13.3. The van der Waals surface area contributed by atoms with Crippen molar-refractivity contribution in [3.05, 3.63) is 162 Å². The van der Waals surface area contributed by atoms with E-state index >= 15 is 0 Å². The van der Waals surface area contributed by atoms with Gasteiger partial charge in [0.25, 0.3) is 0 Å². The molecule has 8 bridgehead atoms. The number of thioether (sulfide) groups is 2. The van der Waals surface area contributed by atoms with E-state index in [1.54, 1.807) is 13.8 Å². The van der Waals surface area contributed by atoms with Gasteiger partial charge in [0.1, 0.15) is 0 Å². The molecule has 11 heteroatoms. The van der Waals surface area contributed by atoms with E-state index in [9.17, 15) is 9.59 Å². The second-order valence-corrected chi connectivity index (χ2v) is 19.1. The molecule has 2 aliphatic rings. The Balaban J connectivity index is 0.00000514. The van der Waals surface area contributed by atoms with Gasteiger partial charge >= 0.3 is 19.5 Å². The molecule has 7 aromatic rings. The van der Waals surface area contributed by atoms with Crippen LogP contribution in [0.3, 0.4) is 0 Å². The molecule has 0 spiro atoms. The summed E-state index contributed by atoms with van der Waals surface area (Å²) in [5.74, 6) is 1.14. The first-order chi connectivity index (χ1) is 29.2. The van der Waals surface area contributed by atoms with Crippen LogP contribution < -0.4 is 9.97 Å². The summed E-state index contributed by atoms with van der Waals surface area (Å²) < 4.78 is 2.20. The van der Waals surface area contributed by atoms with Gasteiger partial charge in [0, 0.05) is 32.5 Å². The molecule has 0 unspecified atom stereocenters. The molecule has 4 aromatic carbocycles. The first-order valence-corrected chi connectivity index (χ1v) is 23.3. The van der Waals surface area contributed by atoms with Gasteiger partial charge in [0.15, 0.2) is 10.2 Å². The number of benzene rings is 4. The van der Waals surface area contributed by atoms with Crippen LogP contribution in [0.2, 0.25) is 0 Å². The van der Waals surface area contributed by atoms with Gasteiger partial charge in [0.05, 0.1) is 22.8 Å². The van der Waals surface area contributed by atoms with Crippen molar-refractivity contribution in [2.75, 3.05) is 0 Å². The fourth-order valence-electron chi connectivity index (χ4n) is 7.56. The number of nitrogens with zero attached hydrogens (tertiary/aromatic N) is 4. The fraction of sp³-hybridized carbons (Fsp3) is 0.0800. The van der Waals surface area contributed by atoms with E-state index in [1.807, 2.05) is 12.1 Å². The number of hydrogen-bond acceptors (Lipinski definition) is 6. The van der Waals surface area contributed by atoms with Gasteiger partial charge in [0.2, 0.25) is 0 Å². The van der Waals surface area contributed by atoms with Crippen LogP contribution in [0.25, 0.3) is 90.9 Å². The van der Waals surface area contributed by atoms with Gasteiger partial charge in [-0.1, -0.05) is 121 Å². The Labute approximate surface area is 402 Å². The quantitative estimate of drug-likeness (QED) is 0.110. The molecule has 0 saturated heterocycles. The Bertz CT molecular complexity index is 2910. The zero-order chi connectivity index (χ0) is 41.3. The summed E-state index contributed by atoms with van der Waals surface area (Å²) in [6.07, 6.45) is 8.29. The van der Waals surface area contributed by atoms with Gasteiger partial charge in [-0.3, -0.25) is 9.59 Å². The zero-order valence-corrected chi connectivity index (χ0v) is 42.1. The van der Waals surface area contributed by atoms with E-state index in [4.69, 9.17) is 19.9 Å². The first-order valence-electron chi connectivity index (χ1n) is 19.2. The topological polar surface area (TPSA) is 88.1 Å². The van der Waals surface area contributed by atoms with Crippen LogP contribution >= 0.6 is 68.7 Å². The molecule has 0 saturated carbocycles. The molecule has 5 heterocycles. The minimum absolute atomic E-state index is 0. The molecule has 6 nitrogen and oxygen atoms in total. The number of fused-ring (bicyclic) bond motifs is 8. The van der Waals surface area contributed by atoms with E-state index in [0.29, 0.717) is 11.5 Å². The Kier molecular flexibility index (Phi) is 13.4. The number of aromatic nitrogens is 4. The van der Waals surface area contributed by atoms with Gasteiger partial charge in [-0.2, -0.15) is 0 Å². The second-order valence-electron chi connectivity index (χ2n) is 14.3. The van der Waals surface area contributed by atoms with Crippen LogP contribution in [0, 0.1) is 7.14 Å². The molecule has 0 atom stereocenters. The van der Waals surface area contributed by atoms with E-state index < -0.39 is 0 Å². The largest absolute Gasteiger partial charge is 2.00 e. The third-order valence-electron chi connectivity index (χ3n) is 10.2. The molecule has 294 valence electrons. The van der Waals surface area contributed by atoms with Crippen LogP contribution in [-0.2, 0) is 40.6 Å². The minimum Gasteiger partial charge on any atom is -0.657 e. The molecule has 61 heavy (non-hydrogen) atoms. The zero-order valence-electron chi connectivity index (χ0n) is 33.2. The van der Waals surface area contributed by atoms with Crippen LogP contribution in [0.4, 0.5) is 0 Å². The third-order valence-corrected chi connectivity index (χ3v) is 13.3. The smallest absolute Gasteiger partial charge is 0.657 e. The van der Waals surface area contributed by atoms with Crippen LogP contribution in [0.1, 0.15) is 47.8 Å². The van der Waals surface area contributed by atoms with E-state index in [2.05, 4.69) is 179 Å². The molecule has 0 radical (unpaired) electrons. The molecule has 9 rings (SSSR count). The third kappa shape index (κ3) is 9.51. The molecule has 0 aliphatic carbocycles. The molecule has 0 amide bonds. The Hall–Kier alpha value is -4.40. The van der Waals surface area contributed by atoms with Gasteiger partial charge in [-0.15, -0.1) is 22.1 Å². The van der Waals surface area contributed by atoms with Crippen molar-refractivity contribution in [2.24, 2.45) is 0 Å². The van der Waals surface area contributed by atoms with Crippen molar-refractivity contribution in [1.82, 2.24) is 19.9 Å². The summed E-state index contributed by atoms with van der Waals surface area (Å²) in [5.41, 5.74) is 15.9. The van der Waals surface area contributed by atoms with Crippen LogP contribution in [-0.4, -0.2) is 20.2 Å². The van der Waals surface area contributed by atoms with Crippen molar-refractivity contribution >= 4 is 125 Å². The van der Waals surface area contributed by atoms with Gasteiger partial charge in [-0.05, 0) is 149 Å². The standard InChI is InChI=1S/C50H34I2N4O2S2.Zn/c1-29(57)59-27-31-7-3-9-33(23-31)47-39-15-19-43(53-39)49(35-11-5-13-37(51)25-35)45-21-17-41(55-45)48(34-10-4-8-32(24-34)28-60-30(2)58)42-18-22-46(56-42)50(44-20-16-40(47)54-44)36-12-6-14-38(52)26-36;/h3-26H,27-28H2,1-2H3;/q-2;+2. The monoisotopic (exact) mass is 1100 g/mol. The Morgan fingerprint density at radius 3 is 1.10 bits per heavy atom. The van der Waals surface area contributed by atoms with E-state index in [0.717, 1.165) is 108 Å². The second kappa shape index (κ2) is 18.9. The van der Waals surface area contributed by atoms with Gasteiger partial charge in [-0.25, -0.2) is 9.97 Å². The molecular formula is C50H34I2N4O2S2Zn. The summed E-state index contributed by atoms with van der Waals surface area (Å²) in [7, 11) is 0. The van der Waals surface area contributed by atoms with Gasteiger partial charge < -0.3 is 9.97 Å². The summed E-state index contributed by atoms with van der Waals surface area (Å²) in [6, 6.07) is 41.8. The normalized spacial score (nSPS) is 11.7. The number of carbonyl (C=O) groups is 2. The average molecular weight is 1110 g/mol. The maximum absolute atomic E-state index is 12.0. The summed E-state index contributed by atoms with van der Waals surface area (Å²) >= 11 is 7.31. The maximum Gasteiger partial charge on any atom is 2.00 e. The number of rotatable bonds is 8. The maximum atomic E-state index is 12.0. The number of halogens is 2. The molecule has 3 aromatic heterocycles. The first kappa shape index (κ1) is 43.3. The van der Waals surface area contributed by atoms with E-state index in [-0.39, 0.29) is 29.7 Å². The average Bonchev–Trinajstić information content (AvgIpc) is 4.08. The Morgan fingerprint density at radius 2 is 0.787 bits per heavy atom. The Morgan fingerprint density at radius 1 is 0.475 bits per heavy atom. The van der Waals surface area contributed by atoms with Crippen molar-refractivity contribution < 1.29 is 29.1 Å². The SMILES string of the molecule is CC(=O)SCc1cccc(-c2c3nc(c(-c4cccc(I)c4)c4ccc([n-]4)c(-c4cccc(CSC(C)=O)c4)c4nc(c(-c5cccc(I)c5)c5ccc2[n-]5)C=C4)C=C3)c1.[Zn+2]. The molecular weight excluding hydrogens is 1070 g/mol.